The van der Waals surface area contributed by atoms with Gasteiger partial charge in [0.1, 0.15) is 0 Å². The summed E-state index contributed by atoms with van der Waals surface area (Å²) in [5, 5.41) is 0. The van der Waals surface area contributed by atoms with E-state index in [1.807, 2.05) is 0 Å². The maximum absolute atomic E-state index is 5.76. The Bertz CT molecular complexity index is 101. The molecule has 0 heterocycles. The molecule has 0 N–H and O–H groups in total. The summed E-state index contributed by atoms with van der Waals surface area (Å²) in [7, 11) is 0. The van der Waals surface area contributed by atoms with Crippen molar-refractivity contribution in [1.82, 2.24) is 0 Å². The van der Waals surface area contributed by atoms with Gasteiger partial charge in [-0.2, -0.15) is 0 Å². The SMILES string of the molecule is CCCCCCCCC(CC)CCCl. The zero-order chi connectivity index (χ0) is 10.6. The number of unbranched alkanes of at least 4 members (excludes halogenated alkanes) is 5. The van der Waals surface area contributed by atoms with E-state index < -0.39 is 0 Å². The normalized spacial score (nSPS) is 13.1. The lowest BCUT2D eigenvalue weighted by Gasteiger charge is -2.12. The fraction of sp³-hybridized carbons (Fsp3) is 1.00. The molecule has 0 aliphatic rings. The third kappa shape index (κ3) is 8.87. The minimum atomic E-state index is 0.842. The molecule has 0 aliphatic heterocycles. The molecule has 0 spiro atoms. The first-order valence-corrected chi connectivity index (χ1v) is 6.94. The van der Waals surface area contributed by atoms with Gasteiger partial charge >= 0.3 is 0 Å². The molecule has 0 aromatic carbocycles. The van der Waals surface area contributed by atoms with E-state index in [9.17, 15) is 0 Å². The van der Waals surface area contributed by atoms with Crippen LogP contribution in [0.3, 0.4) is 0 Å². The van der Waals surface area contributed by atoms with Gasteiger partial charge in [0.05, 0.1) is 0 Å². The van der Waals surface area contributed by atoms with Gasteiger partial charge in [0, 0.05) is 5.88 Å². The van der Waals surface area contributed by atoms with E-state index in [0.717, 1.165) is 11.8 Å². The van der Waals surface area contributed by atoms with E-state index in [2.05, 4.69) is 13.8 Å². The second-order valence-corrected chi connectivity index (χ2v) is 4.69. The van der Waals surface area contributed by atoms with Crippen LogP contribution in [0.1, 0.15) is 71.6 Å². The van der Waals surface area contributed by atoms with E-state index in [4.69, 9.17) is 11.6 Å². The van der Waals surface area contributed by atoms with Gasteiger partial charge in [-0.1, -0.05) is 65.2 Å². The summed E-state index contributed by atoms with van der Waals surface area (Å²) >= 11 is 5.76. The number of halogens is 1. The van der Waals surface area contributed by atoms with Gasteiger partial charge in [0.15, 0.2) is 0 Å². The third-order valence-corrected chi connectivity index (χ3v) is 3.28. The van der Waals surface area contributed by atoms with Crippen LogP contribution in [-0.2, 0) is 0 Å². The van der Waals surface area contributed by atoms with Crippen LogP contribution in [0.15, 0.2) is 0 Å². The molecule has 1 atom stereocenters. The second kappa shape index (κ2) is 11.4. The summed E-state index contributed by atoms with van der Waals surface area (Å²) in [5.74, 6) is 1.73. The second-order valence-electron chi connectivity index (χ2n) is 4.31. The highest BCUT2D eigenvalue weighted by atomic mass is 35.5. The fourth-order valence-corrected chi connectivity index (χ4v) is 2.23. The highest BCUT2D eigenvalue weighted by Crippen LogP contribution is 2.18. The quantitative estimate of drug-likeness (QED) is 0.341. The summed E-state index contributed by atoms with van der Waals surface area (Å²) < 4.78 is 0. The fourth-order valence-electron chi connectivity index (χ4n) is 1.92. The molecule has 0 aromatic heterocycles. The summed E-state index contributed by atoms with van der Waals surface area (Å²) in [6.45, 7) is 4.56. The van der Waals surface area contributed by atoms with Crippen molar-refractivity contribution in [3.05, 3.63) is 0 Å². The average Bonchev–Trinajstić information content (AvgIpc) is 2.21. The Balaban J connectivity index is 3.15. The van der Waals surface area contributed by atoms with Crippen molar-refractivity contribution in [1.29, 1.82) is 0 Å². The van der Waals surface area contributed by atoms with Crippen LogP contribution in [-0.4, -0.2) is 5.88 Å². The third-order valence-electron chi connectivity index (χ3n) is 3.06. The van der Waals surface area contributed by atoms with Crippen LogP contribution in [0.4, 0.5) is 0 Å². The molecule has 14 heavy (non-hydrogen) atoms. The molecule has 0 aromatic rings. The summed E-state index contributed by atoms with van der Waals surface area (Å²) in [6, 6.07) is 0. The van der Waals surface area contributed by atoms with Gasteiger partial charge < -0.3 is 0 Å². The monoisotopic (exact) mass is 218 g/mol. The van der Waals surface area contributed by atoms with E-state index in [1.165, 1.54) is 57.8 Å². The molecule has 1 unspecified atom stereocenters. The van der Waals surface area contributed by atoms with Crippen molar-refractivity contribution >= 4 is 11.6 Å². The molecule has 0 aliphatic carbocycles. The van der Waals surface area contributed by atoms with Gasteiger partial charge in [0.2, 0.25) is 0 Å². The molecule has 0 saturated carbocycles. The largest absolute Gasteiger partial charge is 0.127 e. The highest BCUT2D eigenvalue weighted by molar-refractivity contribution is 6.17. The first kappa shape index (κ1) is 14.3. The van der Waals surface area contributed by atoms with Crippen LogP contribution in [0.2, 0.25) is 0 Å². The minimum absolute atomic E-state index is 0.842. The van der Waals surface area contributed by atoms with Crippen molar-refractivity contribution in [2.45, 2.75) is 71.6 Å². The highest BCUT2D eigenvalue weighted by Gasteiger charge is 2.04. The molecular weight excluding hydrogens is 192 g/mol. The van der Waals surface area contributed by atoms with Crippen molar-refractivity contribution in [3.8, 4) is 0 Å². The lowest BCUT2D eigenvalue weighted by molar-refractivity contribution is 0.429. The minimum Gasteiger partial charge on any atom is -0.127 e. The molecule has 0 amide bonds. The van der Waals surface area contributed by atoms with Crippen molar-refractivity contribution in [2.75, 3.05) is 5.88 Å². The Morgan fingerprint density at radius 3 is 2.07 bits per heavy atom. The van der Waals surface area contributed by atoms with Crippen LogP contribution in [0.25, 0.3) is 0 Å². The zero-order valence-electron chi connectivity index (χ0n) is 10.0. The van der Waals surface area contributed by atoms with Crippen molar-refractivity contribution in [3.63, 3.8) is 0 Å². The predicted molar refractivity (Wildman–Crippen MR) is 67.1 cm³/mol. The molecular formula is C13H27Cl. The van der Waals surface area contributed by atoms with E-state index >= 15 is 0 Å². The van der Waals surface area contributed by atoms with Gasteiger partial charge in [-0.25, -0.2) is 0 Å². The molecule has 0 nitrogen and oxygen atoms in total. The topological polar surface area (TPSA) is 0 Å². The van der Waals surface area contributed by atoms with Gasteiger partial charge in [-0.3, -0.25) is 0 Å². The Morgan fingerprint density at radius 1 is 0.857 bits per heavy atom. The standard InChI is InChI=1S/C13H27Cl/c1-3-5-6-7-8-9-10-13(4-2)11-12-14/h13H,3-12H2,1-2H3. The maximum atomic E-state index is 5.76. The lowest BCUT2D eigenvalue weighted by atomic mass is 9.95. The molecule has 0 saturated heterocycles. The van der Waals surface area contributed by atoms with Crippen LogP contribution in [0.5, 0.6) is 0 Å². The smallest absolute Gasteiger partial charge is 0.0226 e. The number of hydrogen-bond donors (Lipinski definition) is 0. The molecule has 86 valence electrons. The molecule has 0 bridgehead atoms. The Hall–Kier alpha value is 0.290. The summed E-state index contributed by atoms with van der Waals surface area (Å²) in [5.41, 5.74) is 0. The average molecular weight is 219 g/mol. The molecule has 0 fully saturated rings. The molecule has 0 radical (unpaired) electrons. The van der Waals surface area contributed by atoms with Crippen molar-refractivity contribution in [2.24, 2.45) is 5.92 Å². The number of alkyl halides is 1. The van der Waals surface area contributed by atoms with Gasteiger partial charge in [-0.15, -0.1) is 11.6 Å². The van der Waals surface area contributed by atoms with Crippen LogP contribution >= 0.6 is 11.6 Å². The Labute approximate surface area is 95.4 Å². The number of rotatable bonds is 10. The summed E-state index contributed by atoms with van der Waals surface area (Å²) in [6.07, 6.45) is 12.4. The van der Waals surface area contributed by atoms with E-state index in [0.29, 0.717) is 0 Å². The Kier molecular flexibility index (Phi) is 11.6. The van der Waals surface area contributed by atoms with Crippen molar-refractivity contribution < 1.29 is 0 Å². The van der Waals surface area contributed by atoms with E-state index in [1.54, 1.807) is 0 Å². The first-order chi connectivity index (χ1) is 6.85. The van der Waals surface area contributed by atoms with Crippen LogP contribution in [0, 0.1) is 5.92 Å². The number of hydrogen-bond acceptors (Lipinski definition) is 0. The maximum Gasteiger partial charge on any atom is 0.0226 e. The van der Waals surface area contributed by atoms with Gasteiger partial charge in [0.25, 0.3) is 0 Å². The van der Waals surface area contributed by atoms with E-state index in [-0.39, 0.29) is 0 Å². The molecule has 1 heteroatoms. The lowest BCUT2D eigenvalue weighted by Crippen LogP contribution is -1.99. The first-order valence-electron chi connectivity index (χ1n) is 6.41. The summed E-state index contributed by atoms with van der Waals surface area (Å²) in [4.78, 5) is 0. The molecule has 0 rings (SSSR count). The Morgan fingerprint density at radius 2 is 1.50 bits per heavy atom. The van der Waals surface area contributed by atoms with Gasteiger partial charge in [-0.05, 0) is 12.3 Å². The van der Waals surface area contributed by atoms with Crippen LogP contribution < -0.4 is 0 Å². The predicted octanol–water partition coefficient (Wildman–Crippen LogP) is 5.39. The zero-order valence-corrected chi connectivity index (χ0v) is 10.8.